The van der Waals surface area contributed by atoms with Crippen molar-refractivity contribution in [2.24, 2.45) is 0 Å². The van der Waals surface area contributed by atoms with E-state index in [1.54, 1.807) is 0 Å². The normalized spacial score (nSPS) is 24.6. The molecule has 1 saturated heterocycles. The molecule has 1 aliphatic rings. The molecule has 16 heavy (non-hydrogen) atoms. The van der Waals surface area contributed by atoms with E-state index in [-0.39, 0.29) is 6.10 Å². The smallest absolute Gasteiger partial charge is 0.117 e. The molecule has 0 bridgehead atoms. The first kappa shape index (κ1) is 12.3. The van der Waals surface area contributed by atoms with Gasteiger partial charge in [-0.3, -0.25) is 4.90 Å². The van der Waals surface area contributed by atoms with Crippen LogP contribution in [0.1, 0.15) is 17.9 Å². The summed E-state index contributed by atoms with van der Waals surface area (Å²) in [4.78, 5) is 3.09. The number of aliphatic hydroxyl groups excluding tert-OH is 1. The van der Waals surface area contributed by atoms with Crippen LogP contribution >= 0.6 is 22.9 Å². The second-order valence-corrected chi connectivity index (χ2v) is 5.23. The molecule has 1 aromatic heterocycles. The van der Waals surface area contributed by atoms with Gasteiger partial charge in [0.15, 0.2) is 0 Å². The van der Waals surface area contributed by atoms with E-state index < -0.39 is 6.10 Å². The van der Waals surface area contributed by atoms with E-state index in [1.807, 2.05) is 11.4 Å². The van der Waals surface area contributed by atoms with Crippen molar-refractivity contribution in [3.63, 3.8) is 0 Å². The number of rotatable bonds is 3. The average Bonchev–Trinajstić information content (AvgIpc) is 2.74. The van der Waals surface area contributed by atoms with E-state index in [9.17, 15) is 5.11 Å². The second kappa shape index (κ2) is 5.47. The summed E-state index contributed by atoms with van der Waals surface area (Å²) in [5.74, 6) is 0. The fourth-order valence-electron chi connectivity index (χ4n) is 1.90. The Hall–Kier alpha value is -0.130. The predicted octanol–water partition coefficient (Wildman–Crippen LogP) is 2.16. The number of thiophene rings is 1. The van der Waals surface area contributed by atoms with Gasteiger partial charge < -0.3 is 9.84 Å². The molecule has 5 heteroatoms. The van der Waals surface area contributed by atoms with E-state index in [0.29, 0.717) is 11.6 Å². The number of halogens is 1. The van der Waals surface area contributed by atoms with Crippen molar-refractivity contribution in [3.8, 4) is 0 Å². The number of aliphatic hydroxyl groups is 1. The quantitative estimate of drug-likeness (QED) is 0.905. The highest BCUT2D eigenvalue weighted by molar-refractivity contribution is 7.10. The summed E-state index contributed by atoms with van der Waals surface area (Å²) in [5, 5.41) is 12.7. The molecule has 90 valence electrons. The largest absolute Gasteiger partial charge is 0.385 e. The van der Waals surface area contributed by atoms with Gasteiger partial charge in [0.05, 0.1) is 16.5 Å². The van der Waals surface area contributed by atoms with E-state index in [2.05, 4.69) is 11.8 Å². The first-order chi connectivity index (χ1) is 7.72. The van der Waals surface area contributed by atoms with Crippen LogP contribution in [0.15, 0.2) is 11.4 Å². The maximum absolute atomic E-state index is 10.2. The molecule has 0 aliphatic carbocycles. The van der Waals surface area contributed by atoms with Crippen molar-refractivity contribution in [3.05, 3.63) is 21.3 Å². The molecule has 1 N–H and O–H groups in total. The summed E-state index contributed by atoms with van der Waals surface area (Å²) in [6, 6.07) is 1.81. The summed E-state index contributed by atoms with van der Waals surface area (Å²) < 4.78 is 5.61. The topological polar surface area (TPSA) is 32.7 Å². The Morgan fingerprint density at radius 3 is 3.19 bits per heavy atom. The number of hydrogen-bond donors (Lipinski definition) is 1. The van der Waals surface area contributed by atoms with Crippen LogP contribution in [0.2, 0.25) is 5.02 Å². The van der Waals surface area contributed by atoms with Crippen molar-refractivity contribution in [2.75, 3.05) is 26.2 Å². The first-order valence-corrected chi connectivity index (χ1v) is 6.73. The highest BCUT2D eigenvalue weighted by Crippen LogP contribution is 2.32. The zero-order chi connectivity index (χ0) is 11.5. The lowest BCUT2D eigenvalue weighted by Crippen LogP contribution is -2.44. The van der Waals surface area contributed by atoms with Crippen molar-refractivity contribution in [1.29, 1.82) is 0 Å². The third-order valence-electron chi connectivity index (χ3n) is 2.89. The standard InChI is InChI=1S/C11H16ClNO2S/c1-2-13-4-5-15-9(7-13)10(14)11-8(12)3-6-16-11/h3,6,9-10,14H,2,4-5,7H2,1H3. The van der Waals surface area contributed by atoms with Gasteiger partial charge in [0.2, 0.25) is 0 Å². The van der Waals surface area contributed by atoms with Crippen LogP contribution in [0, 0.1) is 0 Å². The molecule has 2 unspecified atom stereocenters. The number of hydrogen-bond acceptors (Lipinski definition) is 4. The minimum absolute atomic E-state index is 0.162. The third-order valence-corrected chi connectivity index (χ3v) is 4.32. The van der Waals surface area contributed by atoms with E-state index >= 15 is 0 Å². The summed E-state index contributed by atoms with van der Waals surface area (Å²) in [5.41, 5.74) is 0. The maximum atomic E-state index is 10.2. The first-order valence-electron chi connectivity index (χ1n) is 5.47. The van der Waals surface area contributed by atoms with Gasteiger partial charge in [-0.05, 0) is 18.0 Å². The number of likely N-dealkylation sites (N-methyl/N-ethyl adjacent to an activating group) is 1. The molecule has 1 fully saturated rings. The summed E-state index contributed by atoms with van der Waals surface area (Å²) in [7, 11) is 0. The van der Waals surface area contributed by atoms with Crippen molar-refractivity contribution in [2.45, 2.75) is 19.1 Å². The Morgan fingerprint density at radius 1 is 1.75 bits per heavy atom. The van der Waals surface area contributed by atoms with Gasteiger partial charge in [0, 0.05) is 13.1 Å². The van der Waals surface area contributed by atoms with Gasteiger partial charge in [-0.1, -0.05) is 18.5 Å². The average molecular weight is 262 g/mol. The van der Waals surface area contributed by atoms with Crippen LogP contribution < -0.4 is 0 Å². The zero-order valence-corrected chi connectivity index (χ0v) is 10.8. The summed E-state index contributed by atoms with van der Waals surface area (Å²) in [6.07, 6.45) is -0.772. The van der Waals surface area contributed by atoms with Crippen LogP contribution in [-0.2, 0) is 4.74 Å². The van der Waals surface area contributed by atoms with Crippen LogP contribution in [0.4, 0.5) is 0 Å². The Bertz CT molecular complexity index is 344. The molecule has 0 radical (unpaired) electrons. The molecule has 0 spiro atoms. The van der Waals surface area contributed by atoms with Crippen LogP contribution in [0.25, 0.3) is 0 Å². The van der Waals surface area contributed by atoms with Gasteiger partial charge in [0.25, 0.3) is 0 Å². The molecular weight excluding hydrogens is 246 g/mol. The molecule has 0 saturated carbocycles. The van der Waals surface area contributed by atoms with Gasteiger partial charge in [0.1, 0.15) is 12.2 Å². The van der Waals surface area contributed by atoms with Gasteiger partial charge in [-0.25, -0.2) is 0 Å². The van der Waals surface area contributed by atoms with E-state index in [4.69, 9.17) is 16.3 Å². The minimum Gasteiger partial charge on any atom is -0.385 e. The lowest BCUT2D eigenvalue weighted by molar-refractivity contribution is -0.0878. The Balaban J connectivity index is 2.04. The van der Waals surface area contributed by atoms with Crippen molar-refractivity contribution in [1.82, 2.24) is 4.90 Å². The van der Waals surface area contributed by atoms with E-state index in [0.717, 1.165) is 24.5 Å². The zero-order valence-electron chi connectivity index (χ0n) is 9.23. The highest BCUT2D eigenvalue weighted by atomic mass is 35.5. The second-order valence-electron chi connectivity index (χ2n) is 3.88. The number of nitrogens with zero attached hydrogens (tertiary/aromatic N) is 1. The fourth-order valence-corrected chi connectivity index (χ4v) is 3.10. The molecule has 2 rings (SSSR count). The third kappa shape index (κ3) is 2.57. The predicted molar refractivity (Wildman–Crippen MR) is 66.1 cm³/mol. The maximum Gasteiger partial charge on any atom is 0.117 e. The van der Waals surface area contributed by atoms with Crippen molar-refractivity contribution >= 4 is 22.9 Å². The Kier molecular flexibility index (Phi) is 4.21. The SMILES string of the molecule is CCN1CCOC(C(O)c2sccc2Cl)C1. The molecule has 2 heterocycles. The Labute approximate surface area is 105 Å². The van der Waals surface area contributed by atoms with E-state index in [1.165, 1.54) is 11.3 Å². The van der Waals surface area contributed by atoms with Gasteiger partial charge >= 0.3 is 0 Å². The minimum atomic E-state index is -0.609. The summed E-state index contributed by atoms with van der Waals surface area (Å²) >= 11 is 7.49. The number of morpholine rings is 1. The number of ether oxygens (including phenoxy) is 1. The summed E-state index contributed by atoms with van der Waals surface area (Å²) in [6.45, 7) is 5.50. The molecule has 1 aromatic rings. The lowest BCUT2D eigenvalue weighted by atomic mass is 10.1. The van der Waals surface area contributed by atoms with Gasteiger partial charge in [-0.2, -0.15) is 0 Å². The molecule has 2 atom stereocenters. The van der Waals surface area contributed by atoms with Crippen molar-refractivity contribution < 1.29 is 9.84 Å². The molecule has 3 nitrogen and oxygen atoms in total. The molecule has 0 aromatic carbocycles. The van der Waals surface area contributed by atoms with Gasteiger partial charge in [-0.15, -0.1) is 11.3 Å². The van der Waals surface area contributed by atoms with Crippen LogP contribution in [-0.4, -0.2) is 42.4 Å². The highest BCUT2D eigenvalue weighted by Gasteiger charge is 2.29. The fraction of sp³-hybridized carbons (Fsp3) is 0.636. The van der Waals surface area contributed by atoms with Crippen LogP contribution in [0.3, 0.4) is 0 Å². The lowest BCUT2D eigenvalue weighted by Gasteiger charge is -2.34. The molecular formula is C11H16ClNO2S. The Morgan fingerprint density at radius 2 is 2.56 bits per heavy atom. The molecule has 1 aliphatic heterocycles. The molecule has 0 amide bonds. The monoisotopic (exact) mass is 261 g/mol. The van der Waals surface area contributed by atoms with Crippen LogP contribution in [0.5, 0.6) is 0 Å².